The van der Waals surface area contributed by atoms with Gasteiger partial charge in [0.25, 0.3) is 0 Å². The lowest BCUT2D eigenvalue weighted by atomic mass is 9.87. The Morgan fingerprint density at radius 3 is 3.05 bits per heavy atom. The van der Waals surface area contributed by atoms with E-state index in [1.165, 1.54) is 17.1 Å². The van der Waals surface area contributed by atoms with Gasteiger partial charge in [0.05, 0.1) is 24.2 Å². The predicted molar refractivity (Wildman–Crippen MR) is 73.8 cm³/mol. The number of aliphatic hydroxyl groups excluding tert-OH is 1. The van der Waals surface area contributed by atoms with Crippen LogP contribution in [0.15, 0.2) is 12.4 Å². The molecule has 2 aliphatic heterocycles. The van der Waals surface area contributed by atoms with Crippen LogP contribution in [-0.4, -0.2) is 63.7 Å². The Balaban J connectivity index is 1.50. The van der Waals surface area contributed by atoms with Gasteiger partial charge < -0.3 is 14.7 Å². The molecule has 1 aromatic heterocycles. The van der Waals surface area contributed by atoms with E-state index in [2.05, 4.69) is 10.00 Å². The Morgan fingerprint density at radius 1 is 1.52 bits per heavy atom. The van der Waals surface area contributed by atoms with E-state index in [0.717, 1.165) is 39.1 Å². The summed E-state index contributed by atoms with van der Waals surface area (Å²) in [7, 11) is 0. The second kappa shape index (κ2) is 5.70. The van der Waals surface area contributed by atoms with E-state index in [0.29, 0.717) is 6.54 Å². The SMILES string of the molecule is O=[N+]([O-])c1cnn(C[C@@H](O)CN2CC[C@@]3(CCOC3)C2)c1. The molecular formula is C13H20N4O4. The molecule has 2 saturated heterocycles. The number of rotatable bonds is 5. The highest BCUT2D eigenvalue weighted by molar-refractivity contribution is 5.20. The Hall–Kier alpha value is -1.51. The molecule has 0 amide bonds. The lowest BCUT2D eigenvalue weighted by molar-refractivity contribution is -0.385. The molecule has 2 aliphatic rings. The van der Waals surface area contributed by atoms with Crippen LogP contribution in [0.1, 0.15) is 12.8 Å². The average molecular weight is 296 g/mol. The van der Waals surface area contributed by atoms with Crippen LogP contribution < -0.4 is 0 Å². The molecule has 1 aromatic rings. The van der Waals surface area contributed by atoms with Gasteiger partial charge in [0.15, 0.2) is 0 Å². The van der Waals surface area contributed by atoms with Crippen molar-refractivity contribution in [3.8, 4) is 0 Å². The quantitative estimate of drug-likeness (QED) is 0.619. The maximum atomic E-state index is 10.6. The van der Waals surface area contributed by atoms with E-state index in [9.17, 15) is 15.2 Å². The number of aliphatic hydroxyl groups is 1. The molecule has 1 spiro atoms. The third-order valence-corrected chi connectivity index (χ3v) is 4.40. The lowest BCUT2D eigenvalue weighted by Crippen LogP contribution is -2.35. The van der Waals surface area contributed by atoms with Crippen molar-refractivity contribution in [2.45, 2.75) is 25.5 Å². The lowest BCUT2D eigenvalue weighted by Gasteiger charge is -2.23. The zero-order valence-corrected chi connectivity index (χ0v) is 11.8. The fourth-order valence-electron chi connectivity index (χ4n) is 3.27. The number of nitro groups is 1. The smallest absolute Gasteiger partial charge is 0.306 e. The molecule has 3 rings (SSSR count). The predicted octanol–water partition coefficient (Wildman–Crippen LogP) is 0.265. The van der Waals surface area contributed by atoms with Gasteiger partial charge in [-0.25, -0.2) is 0 Å². The van der Waals surface area contributed by atoms with Crippen molar-refractivity contribution in [3.05, 3.63) is 22.5 Å². The van der Waals surface area contributed by atoms with Crippen molar-refractivity contribution in [1.82, 2.24) is 14.7 Å². The summed E-state index contributed by atoms with van der Waals surface area (Å²) in [5.74, 6) is 0. The summed E-state index contributed by atoms with van der Waals surface area (Å²) in [4.78, 5) is 12.4. The Kier molecular flexibility index (Phi) is 3.92. The number of hydrogen-bond donors (Lipinski definition) is 1. The Morgan fingerprint density at radius 2 is 2.38 bits per heavy atom. The van der Waals surface area contributed by atoms with Crippen LogP contribution in [0.3, 0.4) is 0 Å². The normalized spacial score (nSPS) is 27.5. The standard InChI is InChI=1S/C13H20N4O4/c18-12(8-16-6-11(5-14-16)17(19)20)7-15-3-1-13(9-15)2-4-21-10-13/h5-6,12,18H,1-4,7-10H2/t12-,13+/m0/s1. The van der Waals surface area contributed by atoms with Crippen LogP contribution in [-0.2, 0) is 11.3 Å². The summed E-state index contributed by atoms with van der Waals surface area (Å²) in [6, 6.07) is 0. The van der Waals surface area contributed by atoms with Crippen molar-refractivity contribution in [2.24, 2.45) is 5.41 Å². The van der Waals surface area contributed by atoms with Gasteiger partial charge >= 0.3 is 5.69 Å². The topological polar surface area (TPSA) is 93.7 Å². The van der Waals surface area contributed by atoms with Crippen molar-refractivity contribution in [2.75, 3.05) is 32.8 Å². The van der Waals surface area contributed by atoms with E-state index in [1.807, 2.05) is 0 Å². The van der Waals surface area contributed by atoms with Gasteiger partial charge in [-0.15, -0.1) is 0 Å². The fourth-order valence-corrected chi connectivity index (χ4v) is 3.27. The van der Waals surface area contributed by atoms with Gasteiger partial charge in [-0.05, 0) is 19.4 Å². The molecule has 0 saturated carbocycles. The number of ether oxygens (including phenoxy) is 1. The number of hydrogen-bond acceptors (Lipinski definition) is 6. The summed E-state index contributed by atoms with van der Waals surface area (Å²) in [5, 5.41) is 24.6. The zero-order chi connectivity index (χ0) is 14.9. The van der Waals surface area contributed by atoms with E-state index < -0.39 is 11.0 Å². The summed E-state index contributed by atoms with van der Waals surface area (Å²) < 4.78 is 6.91. The molecule has 2 fully saturated rings. The van der Waals surface area contributed by atoms with Crippen LogP contribution in [0.2, 0.25) is 0 Å². The summed E-state index contributed by atoms with van der Waals surface area (Å²) >= 11 is 0. The third kappa shape index (κ3) is 3.22. The first-order valence-electron chi connectivity index (χ1n) is 7.21. The fraction of sp³-hybridized carbons (Fsp3) is 0.769. The first-order chi connectivity index (χ1) is 10.1. The molecule has 3 heterocycles. The number of aromatic nitrogens is 2. The van der Waals surface area contributed by atoms with Gasteiger partial charge in [-0.1, -0.05) is 0 Å². The average Bonchev–Trinajstić information content (AvgIpc) is 3.13. The Labute approximate surface area is 122 Å². The molecule has 0 unspecified atom stereocenters. The van der Waals surface area contributed by atoms with Gasteiger partial charge in [-0.2, -0.15) is 5.10 Å². The third-order valence-electron chi connectivity index (χ3n) is 4.40. The van der Waals surface area contributed by atoms with Crippen LogP contribution in [0.4, 0.5) is 5.69 Å². The van der Waals surface area contributed by atoms with E-state index in [4.69, 9.17) is 4.74 Å². The van der Waals surface area contributed by atoms with Gasteiger partial charge in [0.1, 0.15) is 12.4 Å². The van der Waals surface area contributed by atoms with Gasteiger partial charge in [0.2, 0.25) is 0 Å². The number of nitrogens with zero attached hydrogens (tertiary/aromatic N) is 4. The first kappa shape index (κ1) is 14.4. The molecular weight excluding hydrogens is 276 g/mol. The minimum atomic E-state index is -0.582. The Bertz CT molecular complexity index is 512. The van der Waals surface area contributed by atoms with Crippen molar-refractivity contribution in [1.29, 1.82) is 0 Å². The van der Waals surface area contributed by atoms with Crippen molar-refractivity contribution >= 4 is 5.69 Å². The molecule has 116 valence electrons. The number of β-amino-alcohol motifs (C(OH)–C–C–N with tert-alkyl or cyclic N) is 1. The second-order valence-corrected chi connectivity index (χ2v) is 6.12. The van der Waals surface area contributed by atoms with E-state index in [-0.39, 0.29) is 17.6 Å². The van der Waals surface area contributed by atoms with E-state index in [1.54, 1.807) is 0 Å². The van der Waals surface area contributed by atoms with Crippen molar-refractivity contribution < 1.29 is 14.8 Å². The molecule has 0 aliphatic carbocycles. The molecule has 1 N–H and O–H groups in total. The highest BCUT2D eigenvalue weighted by atomic mass is 16.6. The van der Waals surface area contributed by atoms with Crippen LogP contribution in [0, 0.1) is 15.5 Å². The second-order valence-electron chi connectivity index (χ2n) is 6.12. The summed E-state index contributed by atoms with van der Waals surface area (Å²) in [6.07, 6.45) is 4.19. The largest absolute Gasteiger partial charge is 0.390 e. The first-order valence-corrected chi connectivity index (χ1v) is 7.21. The summed E-state index contributed by atoms with van der Waals surface area (Å²) in [6.45, 7) is 4.44. The monoisotopic (exact) mass is 296 g/mol. The molecule has 8 heteroatoms. The molecule has 0 bridgehead atoms. The number of likely N-dealkylation sites (tertiary alicyclic amines) is 1. The molecule has 8 nitrogen and oxygen atoms in total. The zero-order valence-electron chi connectivity index (χ0n) is 11.8. The molecule has 21 heavy (non-hydrogen) atoms. The van der Waals surface area contributed by atoms with Crippen molar-refractivity contribution in [3.63, 3.8) is 0 Å². The van der Waals surface area contributed by atoms with E-state index >= 15 is 0 Å². The summed E-state index contributed by atoms with van der Waals surface area (Å²) in [5.41, 5.74) is 0.231. The highest BCUT2D eigenvalue weighted by Crippen LogP contribution is 2.38. The highest BCUT2D eigenvalue weighted by Gasteiger charge is 2.41. The molecule has 0 radical (unpaired) electrons. The molecule has 2 atom stereocenters. The van der Waals surface area contributed by atoms with Gasteiger partial charge in [-0.3, -0.25) is 14.8 Å². The molecule has 0 aromatic carbocycles. The van der Waals surface area contributed by atoms with Crippen LogP contribution in [0.25, 0.3) is 0 Å². The minimum Gasteiger partial charge on any atom is -0.390 e. The minimum absolute atomic E-state index is 0.0505. The maximum Gasteiger partial charge on any atom is 0.306 e. The van der Waals surface area contributed by atoms with Gasteiger partial charge in [0, 0.05) is 25.1 Å². The maximum absolute atomic E-state index is 10.6. The van der Waals surface area contributed by atoms with Crippen LogP contribution in [0.5, 0.6) is 0 Å². The van der Waals surface area contributed by atoms with Crippen LogP contribution >= 0.6 is 0 Å².